The van der Waals surface area contributed by atoms with E-state index in [4.69, 9.17) is 10.1 Å². The molecular formula is C24H33N5. The highest BCUT2D eigenvalue weighted by molar-refractivity contribution is 6.13. The number of nitrogens with one attached hydrogen (secondary N) is 1. The van der Waals surface area contributed by atoms with Crippen LogP contribution in [0, 0.1) is 0 Å². The molecule has 0 spiro atoms. The van der Waals surface area contributed by atoms with Crippen molar-refractivity contribution in [3.63, 3.8) is 0 Å². The third-order valence-corrected chi connectivity index (χ3v) is 7.02. The van der Waals surface area contributed by atoms with Crippen LogP contribution in [-0.2, 0) is 25.8 Å². The van der Waals surface area contributed by atoms with Gasteiger partial charge in [-0.2, -0.15) is 5.10 Å². The van der Waals surface area contributed by atoms with Crippen molar-refractivity contribution in [3.8, 4) is 0 Å². The van der Waals surface area contributed by atoms with Crippen LogP contribution >= 0.6 is 0 Å². The second-order valence-electron chi connectivity index (χ2n) is 8.88. The van der Waals surface area contributed by atoms with Crippen LogP contribution < -0.4 is 5.43 Å². The first-order valence-electron chi connectivity index (χ1n) is 11.5. The molecule has 0 bridgehead atoms. The molecule has 0 saturated carbocycles. The van der Waals surface area contributed by atoms with Crippen molar-refractivity contribution in [3.05, 3.63) is 46.2 Å². The van der Waals surface area contributed by atoms with Crippen LogP contribution in [0.3, 0.4) is 0 Å². The van der Waals surface area contributed by atoms with Gasteiger partial charge in [0.1, 0.15) is 0 Å². The van der Waals surface area contributed by atoms with Gasteiger partial charge in [0.15, 0.2) is 11.7 Å². The van der Waals surface area contributed by atoms with Crippen molar-refractivity contribution in [2.75, 3.05) is 19.6 Å². The van der Waals surface area contributed by atoms with E-state index in [1.54, 1.807) is 11.1 Å². The molecule has 29 heavy (non-hydrogen) atoms. The minimum Gasteiger partial charge on any atom is -0.317 e. The van der Waals surface area contributed by atoms with Gasteiger partial charge >= 0.3 is 0 Å². The van der Waals surface area contributed by atoms with E-state index in [1.807, 2.05) is 0 Å². The minimum absolute atomic E-state index is 0.338. The third-order valence-electron chi connectivity index (χ3n) is 7.02. The quantitative estimate of drug-likeness (QED) is 0.853. The van der Waals surface area contributed by atoms with Gasteiger partial charge in [-0.3, -0.25) is 10.4 Å². The van der Waals surface area contributed by atoms with Gasteiger partial charge in [-0.1, -0.05) is 32.9 Å². The molecule has 3 heterocycles. The Hall–Kier alpha value is -2.14. The maximum atomic E-state index is 5.04. The van der Waals surface area contributed by atoms with Crippen molar-refractivity contribution in [2.45, 2.75) is 71.4 Å². The van der Waals surface area contributed by atoms with E-state index >= 15 is 0 Å². The number of hydrogen-bond acceptors (Lipinski definition) is 4. The fraction of sp³-hybridized carbons (Fsp3) is 0.583. The summed E-state index contributed by atoms with van der Waals surface area (Å²) in [5.41, 5.74) is 11.7. The predicted octanol–water partition coefficient (Wildman–Crippen LogP) is 3.60. The van der Waals surface area contributed by atoms with Gasteiger partial charge in [-0.15, -0.1) is 0 Å². The van der Waals surface area contributed by atoms with Gasteiger partial charge in [0.25, 0.3) is 0 Å². The molecule has 0 radical (unpaired) electrons. The van der Waals surface area contributed by atoms with Crippen molar-refractivity contribution in [1.29, 1.82) is 0 Å². The highest BCUT2D eigenvalue weighted by Crippen LogP contribution is 2.38. The number of amidine groups is 2. The van der Waals surface area contributed by atoms with E-state index in [0.717, 1.165) is 56.3 Å². The van der Waals surface area contributed by atoms with Crippen LogP contribution in [0.5, 0.6) is 0 Å². The number of likely N-dealkylation sites (N-methyl/N-ethyl adjacent to an activating group) is 1. The monoisotopic (exact) mass is 391 g/mol. The lowest BCUT2D eigenvalue weighted by atomic mass is 9.92. The van der Waals surface area contributed by atoms with E-state index < -0.39 is 0 Å². The fourth-order valence-corrected chi connectivity index (χ4v) is 5.53. The van der Waals surface area contributed by atoms with Crippen LogP contribution in [0.2, 0.25) is 0 Å². The number of hydrogen-bond donors (Lipinski definition) is 1. The number of aliphatic imine (C=N–C) groups is 1. The van der Waals surface area contributed by atoms with Crippen molar-refractivity contribution in [2.24, 2.45) is 10.1 Å². The molecule has 1 saturated heterocycles. The Balaban J connectivity index is 1.47. The number of aryl methyl sites for hydroxylation is 2. The fourth-order valence-electron chi connectivity index (χ4n) is 5.53. The predicted molar refractivity (Wildman–Crippen MR) is 119 cm³/mol. The third kappa shape index (κ3) is 3.20. The van der Waals surface area contributed by atoms with Crippen molar-refractivity contribution in [1.82, 2.24) is 15.2 Å². The molecule has 1 fully saturated rings. The van der Waals surface area contributed by atoms with Gasteiger partial charge in [0.05, 0.1) is 18.3 Å². The first-order chi connectivity index (χ1) is 14.2. The lowest BCUT2D eigenvalue weighted by Gasteiger charge is -2.32. The summed E-state index contributed by atoms with van der Waals surface area (Å²) in [6, 6.07) is 2.80. The number of likely N-dealkylation sites (tertiary alicyclic amines) is 1. The zero-order valence-corrected chi connectivity index (χ0v) is 17.9. The standard InChI is InChI=1S/C24H33N5/c1-4-8-18-13-17-9-6-11-20(17)21-15-29-16(3)23(26-27-24(29)22(18)21)25-19-10-7-12-28(5-2)14-19/h13,19H,3-12,14-15H2,1-2H3,(H,25,26). The normalized spacial score (nSPS) is 25.0. The highest BCUT2D eigenvalue weighted by atomic mass is 15.4. The average Bonchev–Trinajstić information content (AvgIpc) is 3.35. The zero-order valence-electron chi connectivity index (χ0n) is 17.9. The van der Waals surface area contributed by atoms with Crippen LogP contribution in [-0.4, -0.2) is 47.1 Å². The molecule has 5 rings (SSSR count). The summed E-state index contributed by atoms with van der Waals surface area (Å²) < 4.78 is 0. The molecule has 4 aliphatic rings. The topological polar surface area (TPSA) is 43.2 Å². The van der Waals surface area contributed by atoms with Crippen molar-refractivity contribution >= 4 is 11.7 Å². The van der Waals surface area contributed by atoms with E-state index in [2.05, 4.69) is 41.7 Å². The largest absolute Gasteiger partial charge is 0.317 e. The summed E-state index contributed by atoms with van der Waals surface area (Å²) in [5.74, 6) is 1.92. The Kier molecular flexibility index (Phi) is 4.94. The average molecular weight is 392 g/mol. The molecule has 1 unspecified atom stereocenters. The van der Waals surface area contributed by atoms with E-state index in [-0.39, 0.29) is 0 Å². The smallest absolute Gasteiger partial charge is 0.165 e. The molecule has 5 heteroatoms. The number of rotatable bonds is 4. The Labute approximate surface area is 174 Å². The molecule has 0 aromatic heterocycles. The van der Waals surface area contributed by atoms with E-state index in [1.165, 1.54) is 48.9 Å². The lowest BCUT2D eigenvalue weighted by Crippen LogP contribution is -2.42. The lowest BCUT2D eigenvalue weighted by molar-refractivity contribution is 0.220. The summed E-state index contributed by atoms with van der Waals surface area (Å²) in [4.78, 5) is 9.84. The Morgan fingerprint density at radius 1 is 1.24 bits per heavy atom. The van der Waals surface area contributed by atoms with Crippen LogP contribution in [0.25, 0.3) is 0 Å². The molecule has 5 nitrogen and oxygen atoms in total. The SMILES string of the molecule is C=C1C(=NC2CCCN(CC)C2)NN=C2c3c(CCC)cc4c(c3CN12)CCC4. The molecule has 1 aromatic carbocycles. The number of nitrogens with zero attached hydrogens (tertiary/aromatic N) is 4. The maximum Gasteiger partial charge on any atom is 0.165 e. The van der Waals surface area contributed by atoms with Crippen LogP contribution in [0.1, 0.15) is 67.3 Å². The van der Waals surface area contributed by atoms with Crippen molar-refractivity contribution < 1.29 is 0 Å². The Morgan fingerprint density at radius 3 is 2.97 bits per heavy atom. The van der Waals surface area contributed by atoms with Crippen LogP contribution in [0.4, 0.5) is 0 Å². The molecule has 154 valence electrons. The summed E-state index contributed by atoms with van der Waals surface area (Å²) in [6.45, 7) is 13.2. The summed E-state index contributed by atoms with van der Waals surface area (Å²) in [6.07, 6.45) is 8.37. The van der Waals surface area contributed by atoms with Gasteiger partial charge in [-0.25, -0.2) is 0 Å². The Bertz CT molecular complexity index is 897. The molecular weight excluding hydrogens is 358 g/mol. The van der Waals surface area contributed by atoms with E-state index in [0.29, 0.717) is 6.04 Å². The first kappa shape index (κ1) is 18.9. The van der Waals surface area contributed by atoms with Gasteiger partial charge < -0.3 is 9.80 Å². The molecule has 0 amide bonds. The number of fused-ring (bicyclic) bond motifs is 5. The highest BCUT2D eigenvalue weighted by Gasteiger charge is 2.37. The summed E-state index contributed by atoms with van der Waals surface area (Å²) in [7, 11) is 0. The van der Waals surface area contributed by atoms with Gasteiger partial charge in [0.2, 0.25) is 0 Å². The Morgan fingerprint density at radius 2 is 2.14 bits per heavy atom. The molecule has 3 aliphatic heterocycles. The maximum absolute atomic E-state index is 5.04. The molecule has 1 aliphatic carbocycles. The molecule has 1 atom stereocenters. The molecule has 1 N–H and O–H groups in total. The second kappa shape index (κ2) is 7.60. The van der Waals surface area contributed by atoms with Gasteiger partial charge in [0, 0.05) is 12.1 Å². The summed E-state index contributed by atoms with van der Waals surface area (Å²) >= 11 is 0. The number of benzene rings is 1. The zero-order chi connectivity index (χ0) is 20.0. The summed E-state index contributed by atoms with van der Waals surface area (Å²) in [5, 5.41) is 4.83. The number of hydrazone groups is 1. The van der Waals surface area contributed by atoms with E-state index in [9.17, 15) is 0 Å². The number of piperidine rings is 1. The molecule has 1 aromatic rings. The second-order valence-corrected chi connectivity index (χ2v) is 8.88. The minimum atomic E-state index is 0.338. The van der Waals surface area contributed by atoms with Gasteiger partial charge in [-0.05, 0) is 73.9 Å². The first-order valence-corrected chi connectivity index (χ1v) is 11.5. The van der Waals surface area contributed by atoms with Crippen LogP contribution in [0.15, 0.2) is 28.4 Å².